The first-order valence-electron chi connectivity index (χ1n) is 12.1. The van der Waals surface area contributed by atoms with E-state index >= 15 is 0 Å². The highest BCUT2D eigenvalue weighted by Crippen LogP contribution is 2.37. The maximum absolute atomic E-state index is 6.30. The zero-order valence-corrected chi connectivity index (χ0v) is 21.1. The quantitative estimate of drug-likeness (QED) is 0.273. The molecule has 0 spiro atoms. The molecular weight excluding hydrogens is 450 g/mol. The fourth-order valence-corrected chi connectivity index (χ4v) is 4.68. The van der Waals surface area contributed by atoms with E-state index in [9.17, 15) is 0 Å². The van der Waals surface area contributed by atoms with Crippen molar-refractivity contribution in [3.05, 3.63) is 137 Å². The Hall–Kier alpha value is -3.43. The molecule has 0 saturated heterocycles. The number of halogens is 1. The highest BCUT2D eigenvalue weighted by atomic mass is 35.5. The van der Waals surface area contributed by atoms with Crippen LogP contribution >= 0.6 is 11.6 Å². The van der Waals surface area contributed by atoms with Crippen molar-refractivity contribution in [2.75, 3.05) is 4.90 Å². The molecule has 1 atom stereocenters. The molecule has 1 aliphatic rings. The van der Waals surface area contributed by atoms with Gasteiger partial charge in [-0.2, -0.15) is 0 Å². The van der Waals surface area contributed by atoms with E-state index in [1.165, 1.54) is 11.1 Å². The van der Waals surface area contributed by atoms with Gasteiger partial charge in [0, 0.05) is 34.7 Å². The number of aryl methyl sites for hydroxylation is 1. The van der Waals surface area contributed by atoms with Crippen LogP contribution in [0.1, 0.15) is 48.4 Å². The van der Waals surface area contributed by atoms with Crippen molar-refractivity contribution < 1.29 is 0 Å². The second kappa shape index (κ2) is 11.8. The zero-order valence-electron chi connectivity index (χ0n) is 20.3. The van der Waals surface area contributed by atoms with Gasteiger partial charge in [0.15, 0.2) is 0 Å². The number of pyridine rings is 2. The van der Waals surface area contributed by atoms with Gasteiger partial charge in [-0.1, -0.05) is 84.4 Å². The molecule has 2 aromatic heterocycles. The molecule has 4 rings (SSSR count). The number of allylic oxidation sites excluding steroid dienone is 5. The molecule has 3 nitrogen and oxygen atoms in total. The van der Waals surface area contributed by atoms with Gasteiger partial charge in [-0.25, -0.2) is 4.98 Å². The van der Waals surface area contributed by atoms with Crippen molar-refractivity contribution in [1.29, 1.82) is 0 Å². The first kappa shape index (κ1) is 24.7. The topological polar surface area (TPSA) is 29.0 Å². The molecule has 0 N–H and O–H groups in total. The summed E-state index contributed by atoms with van der Waals surface area (Å²) in [4.78, 5) is 11.3. The lowest BCUT2D eigenvalue weighted by atomic mass is 9.85. The zero-order chi connectivity index (χ0) is 24.6. The second-order valence-corrected chi connectivity index (χ2v) is 9.47. The minimum absolute atomic E-state index is 0.0414. The van der Waals surface area contributed by atoms with Crippen molar-refractivity contribution in [1.82, 2.24) is 9.97 Å². The number of hydrogen-bond donors (Lipinski definition) is 0. The van der Waals surface area contributed by atoms with Crippen LogP contribution in [0.4, 0.5) is 5.82 Å². The Bertz CT molecular complexity index is 1210. The summed E-state index contributed by atoms with van der Waals surface area (Å²) in [5, 5.41) is 0.935. The first-order valence-corrected chi connectivity index (χ1v) is 12.5. The van der Waals surface area contributed by atoms with Crippen molar-refractivity contribution in [2.45, 2.75) is 45.1 Å². The summed E-state index contributed by atoms with van der Waals surface area (Å²) in [6, 6.07) is 20.6. The summed E-state index contributed by atoms with van der Waals surface area (Å²) in [7, 11) is 0. The van der Waals surface area contributed by atoms with Gasteiger partial charge in [0.25, 0.3) is 0 Å². The predicted molar refractivity (Wildman–Crippen MR) is 147 cm³/mol. The Kier molecular flexibility index (Phi) is 8.33. The van der Waals surface area contributed by atoms with Crippen molar-refractivity contribution in [3.8, 4) is 0 Å². The van der Waals surface area contributed by atoms with Crippen LogP contribution in [0.2, 0.25) is 0 Å². The van der Waals surface area contributed by atoms with Crippen LogP contribution in [-0.4, -0.2) is 9.97 Å². The Morgan fingerprint density at radius 3 is 2.51 bits per heavy atom. The molecule has 0 bridgehead atoms. The van der Waals surface area contributed by atoms with Crippen LogP contribution < -0.4 is 4.90 Å². The SMILES string of the molecule is C=C(CCC1=CCCC(Cl)=C1)C(C(=C)N(Cc1ccc(C)nc1)c1ccccn1)c1ccccc1. The third-order valence-corrected chi connectivity index (χ3v) is 6.62. The number of benzene rings is 1. The number of hydrogen-bond acceptors (Lipinski definition) is 3. The van der Waals surface area contributed by atoms with Crippen LogP contribution in [0.3, 0.4) is 0 Å². The van der Waals surface area contributed by atoms with Gasteiger partial charge < -0.3 is 4.90 Å². The van der Waals surface area contributed by atoms with E-state index in [0.29, 0.717) is 6.54 Å². The van der Waals surface area contributed by atoms with Gasteiger partial charge >= 0.3 is 0 Å². The molecule has 4 heteroatoms. The molecule has 35 heavy (non-hydrogen) atoms. The number of anilines is 1. The predicted octanol–water partition coefficient (Wildman–Crippen LogP) is 8.27. The summed E-state index contributed by atoms with van der Waals surface area (Å²) in [6.07, 6.45) is 11.8. The molecule has 0 aliphatic heterocycles. The maximum atomic E-state index is 6.30. The number of nitrogens with zero attached hydrogens (tertiary/aromatic N) is 3. The van der Waals surface area contributed by atoms with Crippen LogP contribution in [0, 0.1) is 6.92 Å². The highest BCUT2D eigenvalue weighted by molar-refractivity contribution is 6.29. The van der Waals surface area contributed by atoms with Gasteiger partial charge in [-0.3, -0.25) is 4.98 Å². The normalized spacial score (nSPS) is 14.0. The van der Waals surface area contributed by atoms with E-state index in [4.69, 9.17) is 11.6 Å². The smallest absolute Gasteiger partial charge is 0.132 e. The van der Waals surface area contributed by atoms with Gasteiger partial charge in [-0.05, 0) is 68.0 Å². The van der Waals surface area contributed by atoms with E-state index < -0.39 is 0 Å². The average molecular weight is 482 g/mol. The molecule has 0 amide bonds. The molecule has 1 unspecified atom stereocenters. The van der Waals surface area contributed by atoms with Crippen molar-refractivity contribution in [2.24, 2.45) is 0 Å². The number of aromatic nitrogens is 2. The average Bonchev–Trinajstić information content (AvgIpc) is 2.88. The fourth-order valence-electron chi connectivity index (χ4n) is 4.43. The summed E-state index contributed by atoms with van der Waals surface area (Å²) in [6.45, 7) is 11.8. The van der Waals surface area contributed by atoms with Gasteiger partial charge in [-0.15, -0.1) is 0 Å². The minimum Gasteiger partial charge on any atom is -0.325 e. The Morgan fingerprint density at radius 1 is 1.03 bits per heavy atom. The molecule has 178 valence electrons. The summed E-state index contributed by atoms with van der Waals surface area (Å²) in [5.41, 5.74) is 6.64. The fraction of sp³-hybridized carbons (Fsp3) is 0.226. The van der Waals surface area contributed by atoms with Crippen molar-refractivity contribution >= 4 is 17.4 Å². The van der Waals surface area contributed by atoms with E-state index in [1.54, 1.807) is 0 Å². The van der Waals surface area contributed by atoms with Crippen molar-refractivity contribution in [3.63, 3.8) is 0 Å². The highest BCUT2D eigenvalue weighted by Gasteiger charge is 2.25. The molecule has 0 fully saturated rings. The van der Waals surface area contributed by atoms with Crippen LogP contribution in [0.5, 0.6) is 0 Å². The van der Waals surface area contributed by atoms with E-state index in [2.05, 4.69) is 70.5 Å². The Labute approximate surface area is 214 Å². The number of rotatable bonds is 10. The van der Waals surface area contributed by atoms with E-state index in [-0.39, 0.29) is 5.92 Å². The first-order chi connectivity index (χ1) is 17.0. The van der Waals surface area contributed by atoms with Gasteiger partial charge in [0.1, 0.15) is 5.82 Å². The standard InChI is InChI=1S/C31H32ClN3/c1-23(15-17-26-10-9-13-29(32)20-26)31(28-11-5-4-6-12-28)25(3)35(30-14-7-8-19-33-30)22-27-18-16-24(2)34-21-27/h4-8,10-12,14,16,18-21,31H,1,3,9,13,15,17,22H2,2H3. The van der Waals surface area contributed by atoms with Gasteiger partial charge in [0.2, 0.25) is 0 Å². The second-order valence-electron chi connectivity index (χ2n) is 8.98. The monoisotopic (exact) mass is 481 g/mol. The third kappa shape index (κ3) is 6.58. The third-order valence-electron chi connectivity index (χ3n) is 6.33. The lowest BCUT2D eigenvalue weighted by molar-refractivity contribution is 0.756. The molecule has 1 aliphatic carbocycles. The van der Waals surface area contributed by atoms with Crippen LogP contribution in [0.25, 0.3) is 0 Å². The maximum Gasteiger partial charge on any atom is 0.132 e. The molecule has 3 aromatic rings. The molecule has 0 saturated carbocycles. The molecule has 0 radical (unpaired) electrons. The lowest BCUT2D eigenvalue weighted by Crippen LogP contribution is -2.27. The van der Waals surface area contributed by atoms with E-state index in [0.717, 1.165) is 59.1 Å². The Morgan fingerprint density at radius 2 is 1.83 bits per heavy atom. The van der Waals surface area contributed by atoms with E-state index in [1.807, 2.05) is 49.6 Å². The van der Waals surface area contributed by atoms with Crippen LogP contribution in [-0.2, 0) is 6.54 Å². The van der Waals surface area contributed by atoms with Gasteiger partial charge in [0.05, 0.1) is 6.54 Å². The summed E-state index contributed by atoms with van der Waals surface area (Å²) in [5.74, 6) is 0.816. The molecule has 1 aromatic carbocycles. The van der Waals surface area contributed by atoms with Crippen LogP contribution in [0.15, 0.2) is 120 Å². The minimum atomic E-state index is -0.0414. The summed E-state index contributed by atoms with van der Waals surface area (Å²) >= 11 is 6.30. The molecular formula is C31H32ClN3. The summed E-state index contributed by atoms with van der Waals surface area (Å²) < 4.78 is 0. The Balaban J connectivity index is 1.64. The largest absolute Gasteiger partial charge is 0.325 e. The molecule has 2 heterocycles. The lowest BCUT2D eigenvalue weighted by Gasteiger charge is -2.33.